The predicted molar refractivity (Wildman–Crippen MR) is 123 cm³/mol. The molecule has 0 amide bonds. The van der Waals surface area contributed by atoms with Crippen LogP contribution in [0.15, 0.2) is 5.38 Å². The molecule has 3 nitrogen and oxygen atoms in total. The van der Waals surface area contributed by atoms with Gasteiger partial charge in [0, 0.05) is 16.2 Å². The third kappa shape index (κ3) is 2.45. The molecule has 0 atom stereocenters. The first-order chi connectivity index (χ1) is 15.0. The molecule has 31 heavy (non-hydrogen) atoms. The molecule has 0 aromatic carbocycles. The number of hydrogen-bond donors (Lipinski definition) is 1. The van der Waals surface area contributed by atoms with Gasteiger partial charge in [-0.1, -0.05) is 0 Å². The SMILES string of the molecule is COc1csc(C(O)(C23CC4CC(CC(C4)C2)C3)C23CC4CC(CC(C4)C2)C3)c1OC. The van der Waals surface area contributed by atoms with Gasteiger partial charge in [0.25, 0.3) is 0 Å². The van der Waals surface area contributed by atoms with E-state index in [1.807, 2.05) is 0 Å². The van der Waals surface area contributed by atoms with E-state index >= 15 is 0 Å². The zero-order valence-electron chi connectivity index (χ0n) is 19.2. The molecule has 8 aliphatic rings. The second-order valence-electron chi connectivity index (χ2n) is 12.8. The second kappa shape index (κ2) is 6.44. The van der Waals surface area contributed by atoms with Crippen LogP contribution in [-0.2, 0) is 5.60 Å². The molecular formula is C27H38O3S. The molecule has 0 radical (unpaired) electrons. The second-order valence-corrected chi connectivity index (χ2v) is 13.7. The van der Waals surface area contributed by atoms with Crippen LogP contribution in [0.1, 0.15) is 81.9 Å². The standard InChI is InChI=1S/C27H38O3S/c1-29-22-15-31-24(23(22)30-2)27(28,25-9-16-3-17(10-25)5-18(4-16)11-25)26-12-19-6-20(13-26)8-21(7-19)14-26/h15-21,28H,3-14H2,1-2H3. The molecule has 8 fully saturated rings. The van der Waals surface area contributed by atoms with E-state index in [9.17, 15) is 5.11 Å². The Kier molecular flexibility index (Phi) is 4.09. The maximum absolute atomic E-state index is 13.5. The summed E-state index contributed by atoms with van der Waals surface area (Å²) in [5.74, 6) is 6.65. The molecule has 0 unspecified atom stereocenters. The first-order valence-corrected chi connectivity index (χ1v) is 13.8. The van der Waals surface area contributed by atoms with Crippen LogP contribution in [0.3, 0.4) is 0 Å². The van der Waals surface area contributed by atoms with Crippen molar-refractivity contribution in [2.45, 2.75) is 82.7 Å². The van der Waals surface area contributed by atoms with Gasteiger partial charge >= 0.3 is 0 Å². The summed E-state index contributed by atoms with van der Waals surface area (Å²) in [4.78, 5) is 1.12. The number of thiophene rings is 1. The third-order valence-electron chi connectivity index (χ3n) is 11.1. The smallest absolute Gasteiger partial charge is 0.177 e. The van der Waals surface area contributed by atoms with E-state index in [4.69, 9.17) is 9.47 Å². The molecule has 170 valence electrons. The van der Waals surface area contributed by atoms with Crippen molar-refractivity contribution in [2.75, 3.05) is 14.2 Å². The lowest BCUT2D eigenvalue weighted by atomic mass is 9.36. The Balaban J connectivity index is 1.44. The van der Waals surface area contributed by atoms with Crippen molar-refractivity contribution in [3.63, 3.8) is 0 Å². The first-order valence-electron chi connectivity index (χ1n) is 12.9. The number of ether oxygens (including phenoxy) is 2. The molecule has 8 aliphatic carbocycles. The summed E-state index contributed by atoms with van der Waals surface area (Å²) < 4.78 is 11.7. The monoisotopic (exact) mass is 442 g/mol. The summed E-state index contributed by atoms with van der Waals surface area (Å²) in [7, 11) is 3.51. The van der Waals surface area contributed by atoms with Crippen LogP contribution in [0.2, 0.25) is 0 Å². The van der Waals surface area contributed by atoms with E-state index in [0.29, 0.717) is 0 Å². The van der Waals surface area contributed by atoms with E-state index in [-0.39, 0.29) is 10.8 Å². The van der Waals surface area contributed by atoms with Crippen molar-refractivity contribution in [1.82, 2.24) is 0 Å². The summed E-state index contributed by atoms with van der Waals surface area (Å²) in [6.45, 7) is 0. The lowest BCUT2D eigenvalue weighted by Crippen LogP contribution is -2.66. The van der Waals surface area contributed by atoms with Crippen LogP contribution in [0.25, 0.3) is 0 Å². The molecule has 1 aromatic rings. The van der Waals surface area contributed by atoms with E-state index in [1.54, 1.807) is 25.6 Å². The van der Waals surface area contributed by atoms with Gasteiger partial charge in [-0.2, -0.15) is 0 Å². The van der Waals surface area contributed by atoms with Crippen LogP contribution < -0.4 is 9.47 Å². The van der Waals surface area contributed by atoms with Gasteiger partial charge in [-0.3, -0.25) is 0 Å². The topological polar surface area (TPSA) is 38.7 Å². The zero-order chi connectivity index (χ0) is 21.0. The lowest BCUT2D eigenvalue weighted by molar-refractivity contribution is -0.276. The molecule has 9 rings (SSSR count). The molecule has 1 aromatic heterocycles. The van der Waals surface area contributed by atoms with Gasteiger partial charge in [-0.15, -0.1) is 11.3 Å². The van der Waals surface area contributed by atoms with E-state index in [0.717, 1.165) is 51.9 Å². The van der Waals surface area contributed by atoms with Gasteiger partial charge < -0.3 is 14.6 Å². The van der Waals surface area contributed by atoms with E-state index in [1.165, 1.54) is 77.0 Å². The average Bonchev–Trinajstić information content (AvgIpc) is 3.14. The highest BCUT2D eigenvalue weighted by atomic mass is 32.1. The minimum absolute atomic E-state index is 0.0383. The maximum Gasteiger partial charge on any atom is 0.177 e. The fourth-order valence-electron chi connectivity index (χ4n) is 11.1. The van der Waals surface area contributed by atoms with Crippen LogP contribution in [-0.4, -0.2) is 19.3 Å². The number of hydrogen-bond acceptors (Lipinski definition) is 4. The first kappa shape index (κ1) is 19.7. The summed E-state index contributed by atoms with van der Waals surface area (Å²) in [6, 6.07) is 0. The molecule has 4 heteroatoms. The molecule has 0 saturated heterocycles. The predicted octanol–water partition coefficient (Wildman–Crippen LogP) is 6.39. The van der Waals surface area contributed by atoms with Gasteiger partial charge in [0.1, 0.15) is 5.60 Å². The van der Waals surface area contributed by atoms with Crippen LogP contribution in [0, 0.1) is 46.3 Å². The molecule has 8 bridgehead atoms. The van der Waals surface area contributed by atoms with E-state index < -0.39 is 5.60 Å². The zero-order valence-corrected chi connectivity index (χ0v) is 20.0. The molecule has 8 saturated carbocycles. The fraction of sp³-hybridized carbons (Fsp3) is 0.852. The molecule has 0 spiro atoms. The average molecular weight is 443 g/mol. The van der Waals surface area contributed by atoms with Gasteiger partial charge in [0.15, 0.2) is 11.5 Å². The summed E-state index contributed by atoms with van der Waals surface area (Å²) in [5.41, 5.74) is -0.689. The molecule has 0 aliphatic heterocycles. The van der Waals surface area contributed by atoms with Crippen molar-refractivity contribution in [2.24, 2.45) is 46.3 Å². The Morgan fingerprint density at radius 1 is 0.742 bits per heavy atom. The number of methoxy groups -OCH3 is 2. The highest BCUT2D eigenvalue weighted by molar-refractivity contribution is 7.10. The van der Waals surface area contributed by atoms with Crippen molar-refractivity contribution in [3.05, 3.63) is 10.3 Å². The van der Waals surface area contributed by atoms with E-state index in [2.05, 4.69) is 5.38 Å². The Labute approximate surface area is 190 Å². The van der Waals surface area contributed by atoms with Gasteiger partial charge in [0.05, 0.1) is 19.1 Å². The minimum Gasteiger partial charge on any atom is -0.492 e. The van der Waals surface area contributed by atoms with Crippen LogP contribution in [0.4, 0.5) is 0 Å². The quantitative estimate of drug-likeness (QED) is 0.574. The Morgan fingerprint density at radius 3 is 1.45 bits per heavy atom. The molecular weight excluding hydrogens is 404 g/mol. The summed E-state index contributed by atoms with van der Waals surface area (Å²) in [6.07, 6.45) is 15.9. The number of rotatable bonds is 5. The molecule has 1 N–H and O–H groups in total. The maximum atomic E-state index is 13.5. The fourth-order valence-corrected chi connectivity index (χ4v) is 12.4. The van der Waals surface area contributed by atoms with Crippen molar-refractivity contribution in [3.8, 4) is 11.5 Å². The Morgan fingerprint density at radius 2 is 1.13 bits per heavy atom. The normalized spacial score (nSPS) is 48.7. The van der Waals surface area contributed by atoms with Gasteiger partial charge in [0.2, 0.25) is 0 Å². The summed E-state index contributed by atoms with van der Waals surface area (Å²) in [5, 5.41) is 15.6. The Hall–Kier alpha value is -0.740. The Bertz CT molecular complexity index is 770. The highest BCUT2D eigenvalue weighted by Crippen LogP contribution is 2.76. The van der Waals surface area contributed by atoms with Crippen molar-refractivity contribution >= 4 is 11.3 Å². The third-order valence-corrected chi connectivity index (χ3v) is 12.1. The highest BCUT2D eigenvalue weighted by Gasteiger charge is 2.71. The van der Waals surface area contributed by atoms with Crippen molar-refractivity contribution in [1.29, 1.82) is 0 Å². The summed E-state index contributed by atoms with van der Waals surface area (Å²) >= 11 is 1.73. The van der Waals surface area contributed by atoms with Gasteiger partial charge in [-0.05, 0) is 113 Å². The lowest BCUT2D eigenvalue weighted by Gasteiger charge is -2.70. The molecule has 1 heterocycles. The van der Waals surface area contributed by atoms with Crippen molar-refractivity contribution < 1.29 is 14.6 Å². The van der Waals surface area contributed by atoms with Gasteiger partial charge in [-0.25, -0.2) is 0 Å². The number of aliphatic hydroxyl groups is 1. The van der Waals surface area contributed by atoms with Crippen LogP contribution in [0.5, 0.6) is 11.5 Å². The minimum atomic E-state index is -0.765. The largest absolute Gasteiger partial charge is 0.492 e. The van der Waals surface area contributed by atoms with Crippen LogP contribution >= 0.6 is 11.3 Å².